The number of carbonyl (C=O) groups is 1. The van der Waals surface area contributed by atoms with Crippen molar-refractivity contribution >= 4 is 34.5 Å². The Labute approximate surface area is 185 Å². The molecular weight excluding hydrogens is 434 g/mol. The highest BCUT2D eigenvalue weighted by atomic mass is 32.2. The molecule has 0 spiro atoms. The van der Waals surface area contributed by atoms with E-state index in [4.69, 9.17) is 0 Å². The molecule has 5 rings (SSSR count). The second-order valence-electron chi connectivity index (χ2n) is 7.16. The van der Waals surface area contributed by atoms with Gasteiger partial charge in [0.25, 0.3) is 0 Å². The molecule has 3 aromatic heterocycles. The summed E-state index contributed by atoms with van der Waals surface area (Å²) >= 11 is 1.16. The Morgan fingerprint density at radius 1 is 1.06 bits per heavy atom. The van der Waals surface area contributed by atoms with Gasteiger partial charge in [-0.3, -0.25) is 9.20 Å². The highest BCUT2D eigenvalue weighted by Gasteiger charge is 2.15. The van der Waals surface area contributed by atoms with Crippen molar-refractivity contribution in [1.82, 2.24) is 24.2 Å². The number of aryl methyl sites for hydroxylation is 1. The van der Waals surface area contributed by atoms with Gasteiger partial charge in [-0.25, -0.2) is 13.3 Å². The van der Waals surface area contributed by atoms with Crippen LogP contribution in [0, 0.1) is 18.6 Å². The molecule has 160 valence electrons. The van der Waals surface area contributed by atoms with Crippen molar-refractivity contribution in [3.63, 3.8) is 0 Å². The molecule has 5 aromatic rings. The van der Waals surface area contributed by atoms with Crippen LogP contribution in [0.3, 0.4) is 0 Å². The maximum absolute atomic E-state index is 13.7. The topological polar surface area (TPSA) is 76.6 Å². The molecule has 0 unspecified atom stereocenters. The molecule has 10 heteroatoms. The van der Waals surface area contributed by atoms with Gasteiger partial charge in [-0.1, -0.05) is 41.6 Å². The Bertz CT molecular complexity index is 1460. The number of thioether (sulfide) groups is 1. The van der Waals surface area contributed by atoms with E-state index < -0.39 is 17.5 Å². The molecule has 1 amide bonds. The zero-order valence-corrected chi connectivity index (χ0v) is 17.6. The van der Waals surface area contributed by atoms with Crippen molar-refractivity contribution < 1.29 is 13.6 Å². The van der Waals surface area contributed by atoms with Gasteiger partial charge >= 0.3 is 0 Å². The summed E-state index contributed by atoms with van der Waals surface area (Å²) in [5.41, 5.74) is 4.29. The van der Waals surface area contributed by atoms with Crippen molar-refractivity contribution in [2.45, 2.75) is 12.1 Å². The van der Waals surface area contributed by atoms with Crippen LogP contribution in [-0.2, 0) is 4.79 Å². The summed E-state index contributed by atoms with van der Waals surface area (Å²) in [5, 5.41) is 16.0. The van der Waals surface area contributed by atoms with Crippen molar-refractivity contribution in [2.75, 3.05) is 11.1 Å². The minimum atomic E-state index is -0.830. The molecule has 1 N–H and O–H groups in total. The van der Waals surface area contributed by atoms with E-state index in [0.717, 1.165) is 40.7 Å². The van der Waals surface area contributed by atoms with Gasteiger partial charge in [-0.2, -0.15) is 5.10 Å². The van der Waals surface area contributed by atoms with E-state index in [1.807, 2.05) is 37.3 Å². The highest BCUT2D eigenvalue weighted by molar-refractivity contribution is 7.99. The largest absolute Gasteiger partial charge is 0.323 e. The standard InChI is InChI=1S/C22H16F2N6OS/c1-13-2-4-14(5-3-13)18-11-19-21-26-27-22(29(21)8-9-30(19)28-18)32-12-20(31)25-17-7-6-15(23)10-16(17)24/h2-11H,12H2,1H3,(H,25,31). The third-order valence-corrected chi connectivity index (χ3v) is 5.81. The summed E-state index contributed by atoms with van der Waals surface area (Å²) < 4.78 is 30.2. The van der Waals surface area contributed by atoms with Gasteiger partial charge in [0.15, 0.2) is 10.8 Å². The van der Waals surface area contributed by atoms with E-state index in [2.05, 4.69) is 20.6 Å². The number of carbonyl (C=O) groups excluding carboxylic acids is 1. The van der Waals surface area contributed by atoms with Crippen LogP contribution < -0.4 is 5.32 Å². The molecule has 7 nitrogen and oxygen atoms in total. The van der Waals surface area contributed by atoms with Crippen molar-refractivity contribution in [2.24, 2.45) is 0 Å². The van der Waals surface area contributed by atoms with Crippen molar-refractivity contribution in [3.05, 3.63) is 78.1 Å². The second kappa shape index (κ2) is 8.04. The first kappa shape index (κ1) is 20.1. The van der Waals surface area contributed by atoms with E-state index >= 15 is 0 Å². The Hall–Kier alpha value is -3.79. The fraction of sp³-hybridized carbons (Fsp3) is 0.0909. The Balaban J connectivity index is 1.36. The number of benzene rings is 2. The average molecular weight is 450 g/mol. The van der Waals surface area contributed by atoms with Crippen molar-refractivity contribution in [3.8, 4) is 11.3 Å². The van der Waals surface area contributed by atoms with Gasteiger partial charge in [0, 0.05) is 24.0 Å². The Morgan fingerprint density at radius 2 is 1.88 bits per heavy atom. The first-order valence-corrected chi connectivity index (χ1v) is 10.6. The predicted octanol–water partition coefficient (Wildman–Crippen LogP) is 4.36. The molecule has 0 aliphatic heterocycles. The second-order valence-corrected chi connectivity index (χ2v) is 8.10. The predicted molar refractivity (Wildman–Crippen MR) is 118 cm³/mol. The van der Waals surface area contributed by atoms with Gasteiger partial charge in [0.05, 0.1) is 17.1 Å². The van der Waals surface area contributed by atoms with Crippen LogP contribution in [0.25, 0.3) is 22.4 Å². The van der Waals surface area contributed by atoms with E-state index in [1.165, 1.54) is 11.6 Å². The molecule has 0 atom stereocenters. The zero-order valence-electron chi connectivity index (χ0n) is 16.8. The van der Waals surface area contributed by atoms with E-state index in [0.29, 0.717) is 10.8 Å². The van der Waals surface area contributed by atoms with Crippen LogP contribution in [0.15, 0.2) is 66.1 Å². The first-order chi connectivity index (χ1) is 15.5. The van der Waals surface area contributed by atoms with E-state index in [9.17, 15) is 13.6 Å². The fourth-order valence-electron chi connectivity index (χ4n) is 3.26. The van der Waals surface area contributed by atoms with Crippen LogP contribution in [0.1, 0.15) is 5.56 Å². The lowest BCUT2D eigenvalue weighted by Gasteiger charge is -2.06. The number of halogens is 2. The van der Waals surface area contributed by atoms with Gasteiger partial charge in [0.2, 0.25) is 5.91 Å². The van der Waals surface area contributed by atoms with Gasteiger partial charge in [-0.05, 0) is 25.1 Å². The molecule has 0 aliphatic rings. The Kier molecular flexibility index (Phi) is 5.06. The van der Waals surface area contributed by atoms with Crippen LogP contribution >= 0.6 is 11.8 Å². The van der Waals surface area contributed by atoms with Crippen LogP contribution in [0.2, 0.25) is 0 Å². The molecule has 32 heavy (non-hydrogen) atoms. The number of fused-ring (bicyclic) bond motifs is 3. The lowest BCUT2D eigenvalue weighted by atomic mass is 10.1. The normalized spacial score (nSPS) is 11.3. The number of nitrogens with one attached hydrogen (secondary N) is 1. The summed E-state index contributed by atoms with van der Waals surface area (Å²) in [4.78, 5) is 12.2. The maximum atomic E-state index is 13.7. The molecule has 3 heterocycles. The number of hydrogen-bond acceptors (Lipinski definition) is 5. The summed E-state index contributed by atoms with van der Waals surface area (Å²) in [7, 11) is 0. The number of hydrogen-bond donors (Lipinski definition) is 1. The first-order valence-electron chi connectivity index (χ1n) is 9.66. The third-order valence-electron chi connectivity index (χ3n) is 4.87. The zero-order chi connectivity index (χ0) is 22.2. The van der Waals surface area contributed by atoms with Crippen LogP contribution in [-0.4, -0.2) is 35.9 Å². The molecule has 2 aromatic carbocycles. The quantitative estimate of drug-likeness (QED) is 0.403. The number of amides is 1. The minimum absolute atomic E-state index is 0.0172. The number of anilines is 1. The van der Waals surface area contributed by atoms with Gasteiger partial charge in [-0.15, -0.1) is 10.2 Å². The SMILES string of the molecule is Cc1ccc(-c2cc3c4nnc(SCC(=O)Nc5ccc(F)cc5F)n4ccn3n2)cc1. The van der Waals surface area contributed by atoms with Crippen molar-refractivity contribution in [1.29, 1.82) is 0 Å². The summed E-state index contributed by atoms with van der Waals surface area (Å²) in [6, 6.07) is 13.0. The molecule has 0 fully saturated rings. The molecular formula is C22H16F2N6OS. The lowest BCUT2D eigenvalue weighted by Crippen LogP contribution is -2.15. The van der Waals surface area contributed by atoms with E-state index in [1.54, 1.807) is 21.3 Å². The third kappa shape index (κ3) is 3.80. The van der Waals surface area contributed by atoms with Gasteiger partial charge in [0.1, 0.15) is 17.2 Å². The molecule has 0 radical (unpaired) electrons. The van der Waals surface area contributed by atoms with E-state index in [-0.39, 0.29) is 11.4 Å². The monoisotopic (exact) mass is 450 g/mol. The van der Waals surface area contributed by atoms with Gasteiger partial charge < -0.3 is 5.32 Å². The Morgan fingerprint density at radius 3 is 2.66 bits per heavy atom. The summed E-state index contributed by atoms with van der Waals surface area (Å²) in [6.45, 7) is 2.03. The number of rotatable bonds is 5. The molecule has 0 bridgehead atoms. The number of nitrogens with zero attached hydrogens (tertiary/aromatic N) is 5. The average Bonchev–Trinajstić information content (AvgIpc) is 3.38. The summed E-state index contributed by atoms with van der Waals surface area (Å²) in [6.07, 6.45) is 3.57. The molecule has 0 saturated heterocycles. The lowest BCUT2D eigenvalue weighted by molar-refractivity contribution is -0.113. The smallest absolute Gasteiger partial charge is 0.234 e. The minimum Gasteiger partial charge on any atom is -0.323 e. The highest BCUT2D eigenvalue weighted by Crippen LogP contribution is 2.25. The molecule has 0 aliphatic carbocycles. The summed E-state index contributed by atoms with van der Waals surface area (Å²) in [5.74, 6) is -1.99. The fourth-order valence-corrected chi connectivity index (χ4v) is 3.98. The van der Waals surface area contributed by atoms with Crippen LogP contribution in [0.4, 0.5) is 14.5 Å². The van der Waals surface area contributed by atoms with Crippen LogP contribution in [0.5, 0.6) is 0 Å². The number of aromatic nitrogens is 5. The molecule has 0 saturated carbocycles. The maximum Gasteiger partial charge on any atom is 0.234 e.